The van der Waals surface area contributed by atoms with Crippen LogP contribution in [0, 0.1) is 12.3 Å². The minimum absolute atomic E-state index is 0.0893. The largest absolute Gasteiger partial charge is 0.355 e. The first-order valence-electron chi connectivity index (χ1n) is 8.09. The van der Waals surface area contributed by atoms with Crippen molar-refractivity contribution >= 4 is 28.8 Å². The fraction of sp³-hybridized carbons (Fsp3) is 0.300. The number of amides is 1. The fourth-order valence-electron chi connectivity index (χ4n) is 3.15. The van der Waals surface area contributed by atoms with Crippen LogP contribution in [0.25, 0.3) is 0 Å². The topological polar surface area (TPSA) is 58.2 Å². The van der Waals surface area contributed by atoms with E-state index in [2.05, 4.69) is 10.6 Å². The third-order valence-corrected chi connectivity index (χ3v) is 4.43. The maximum atomic E-state index is 12.3. The van der Waals surface area contributed by atoms with Gasteiger partial charge in [0.25, 0.3) is 0 Å². The minimum atomic E-state index is -0.316. The van der Waals surface area contributed by atoms with E-state index in [9.17, 15) is 9.59 Å². The predicted octanol–water partition coefficient (Wildman–Crippen LogP) is 4.46. The number of fused-ring (bicyclic) bond motifs is 1. The van der Waals surface area contributed by atoms with Crippen LogP contribution in [0.4, 0.5) is 17.1 Å². The van der Waals surface area contributed by atoms with Gasteiger partial charge in [0.2, 0.25) is 5.91 Å². The standard InChI is InChI=1S/C20H22N2O2/c1-12-5-6-16(10-18(12)21-13(2)23)22-15-7-8-17-14(9-15)11-20(3,4)19(17)24/h5-10,22H,11H2,1-4H3,(H,21,23). The van der Waals surface area contributed by atoms with Crippen molar-refractivity contribution in [3.8, 4) is 0 Å². The van der Waals surface area contributed by atoms with Crippen molar-refractivity contribution in [2.24, 2.45) is 5.41 Å². The van der Waals surface area contributed by atoms with Crippen LogP contribution in [0.2, 0.25) is 0 Å². The van der Waals surface area contributed by atoms with Crippen molar-refractivity contribution in [3.63, 3.8) is 0 Å². The van der Waals surface area contributed by atoms with E-state index in [1.807, 2.05) is 57.2 Å². The molecule has 1 aliphatic carbocycles. The lowest BCUT2D eigenvalue weighted by atomic mass is 9.89. The Morgan fingerprint density at radius 2 is 1.75 bits per heavy atom. The van der Waals surface area contributed by atoms with Gasteiger partial charge in [0.05, 0.1) is 0 Å². The lowest BCUT2D eigenvalue weighted by Crippen LogP contribution is -2.18. The Morgan fingerprint density at radius 1 is 1.08 bits per heavy atom. The summed E-state index contributed by atoms with van der Waals surface area (Å²) in [5.41, 5.74) is 5.24. The molecule has 124 valence electrons. The van der Waals surface area contributed by atoms with Crippen molar-refractivity contribution < 1.29 is 9.59 Å². The van der Waals surface area contributed by atoms with E-state index >= 15 is 0 Å². The molecule has 1 amide bonds. The lowest BCUT2D eigenvalue weighted by Gasteiger charge is -2.13. The summed E-state index contributed by atoms with van der Waals surface area (Å²) in [7, 11) is 0. The molecule has 0 saturated carbocycles. The number of nitrogens with one attached hydrogen (secondary N) is 2. The maximum Gasteiger partial charge on any atom is 0.221 e. The van der Waals surface area contributed by atoms with Crippen LogP contribution in [-0.4, -0.2) is 11.7 Å². The number of carbonyl (C=O) groups is 2. The second-order valence-electron chi connectivity index (χ2n) is 7.10. The second-order valence-corrected chi connectivity index (χ2v) is 7.10. The number of Topliss-reactive ketones (excluding diaryl/α,β-unsaturated/α-hetero) is 1. The Balaban J connectivity index is 1.86. The molecule has 0 heterocycles. The van der Waals surface area contributed by atoms with Gasteiger partial charge in [0, 0.05) is 35.0 Å². The van der Waals surface area contributed by atoms with E-state index in [-0.39, 0.29) is 17.1 Å². The van der Waals surface area contributed by atoms with Crippen molar-refractivity contribution in [2.45, 2.75) is 34.1 Å². The van der Waals surface area contributed by atoms with Crippen molar-refractivity contribution in [1.29, 1.82) is 0 Å². The molecule has 4 heteroatoms. The first kappa shape index (κ1) is 16.2. The molecule has 3 rings (SSSR count). The summed E-state index contributed by atoms with van der Waals surface area (Å²) < 4.78 is 0. The first-order valence-corrected chi connectivity index (χ1v) is 8.09. The zero-order chi connectivity index (χ0) is 17.5. The van der Waals surface area contributed by atoms with Gasteiger partial charge < -0.3 is 10.6 Å². The van der Waals surface area contributed by atoms with E-state index in [1.54, 1.807) is 0 Å². The molecule has 0 spiro atoms. The third-order valence-electron chi connectivity index (χ3n) is 4.43. The predicted molar refractivity (Wildman–Crippen MR) is 97.0 cm³/mol. The quantitative estimate of drug-likeness (QED) is 0.877. The van der Waals surface area contributed by atoms with Gasteiger partial charge in [-0.2, -0.15) is 0 Å². The third kappa shape index (κ3) is 3.04. The van der Waals surface area contributed by atoms with E-state index < -0.39 is 0 Å². The summed E-state index contributed by atoms with van der Waals surface area (Å²) in [6, 6.07) is 11.7. The molecule has 24 heavy (non-hydrogen) atoms. The molecule has 0 fully saturated rings. The van der Waals surface area contributed by atoms with Gasteiger partial charge in [-0.15, -0.1) is 0 Å². The van der Waals surface area contributed by atoms with Crippen LogP contribution in [0.1, 0.15) is 42.3 Å². The van der Waals surface area contributed by atoms with Crippen LogP contribution < -0.4 is 10.6 Å². The van der Waals surface area contributed by atoms with Gasteiger partial charge in [0.15, 0.2) is 5.78 Å². The fourth-order valence-corrected chi connectivity index (χ4v) is 3.15. The normalized spacial score (nSPS) is 15.1. The summed E-state index contributed by atoms with van der Waals surface area (Å²) in [5, 5.41) is 6.19. The zero-order valence-corrected chi connectivity index (χ0v) is 14.5. The average molecular weight is 322 g/mol. The van der Waals surface area contributed by atoms with Crippen LogP contribution in [0.3, 0.4) is 0 Å². The highest BCUT2D eigenvalue weighted by atomic mass is 16.1. The smallest absolute Gasteiger partial charge is 0.221 e. The molecule has 2 aromatic carbocycles. The molecule has 2 N–H and O–H groups in total. The number of rotatable bonds is 3. The second kappa shape index (κ2) is 5.78. The van der Waals surface area contributed by atoms with Crippen LogP contribution in [-0.2, 0) is 11.2 Å². The summed E-state index contributed by atoms with van der Waals surface area (Å²) in [6.45, 7) is 7.43. The number of anilines is 3. The highest BCUT2D eigenvalue weighted by Gasteiger charge is 2.37. The Morgan fingerprint density at radius 3 is 2.46 bits per heavy atom. The Kier molecular flexibility index (Phi) is 3.91. The molecule has 0 atom stereocenters. The molecular weight excluding hydrogens is 300 g/mol. The van der Waals surface area contributed by atoms with E-state index in [1.165, 1.54) is 6.92 Å². The lowest BCUT2D eigenvalue weighted by molar-refractivity contribution is -0.114. The molecule has 0 aromatic heterocycles. The Bertz CT molecular complexity index is 838. The van der Waals surface area contributed by atoms with Gasteiger partial charge in [-0.1, -0.05) is 19.9 Å². The Hall–Kier alpha value is -2.62. The average Bonchev–Trinajstić information content (AvgIpc) is 2.71. The number of carbonyl (C=O) groups excluding carboxylic acids is 2. The van der Waals surface area contributed by atoms with E-state index in [4.69, 9.17) is 0 Å². The SMILES string of the molecule is CC(=O)Nc1cc(Nc2ccc3c(c2)CC(C)(C)C3=O)ccc1C. The number of ketones is 1. The molecule has 0 aliphatic heterocycles. The number of aryl methyl sites for hydroxylation is 1. The van der Waals surface area contributed by atoms with Gasteiger partial charge in [0.1, 0.15) is 0 Å². The maximum absolute atomic E-state index is 12.3. The molecule has 0 unspecified atom stereocenters. The summed E-state index contributed by atoms with van der Waals surface area (Å²) in [6.07, 6.45) is 0.766. The van der Waals surface area contributed by atoms with Crippen LogP contribution in [0.5, 0.6) is 0 Å². The van der Waals surface area contributed by atoms with E-state index in [0.29, 0.717) is 0 Å². The summed E-state index contributed by atoms with van der Waals surface area (Å²) >= 11 is 0. The molecule has 0 bridgehead atoms. The highest BCUT2D eigenvalue weighted by molar-refractivity contribution is 6.04. The van der Waals surface area contributed by atoms with Crippen molar-refractivity contribution in [2.75, 3.05) is 10.6 Å². The van der Waals surface area contributed by atoms with Gasteiger partial charge in [-0.25, -0.2) is 0 Å². The van der Waals surface area contributed by atoms with Gasteiger partial charge in [-0.3, -0.25) is 9.59 Å². The monoisotopic (exact) mass is 322 g/mol. The highest BCUT2D eigenvalue weighted by Crippen LogP contribution is 2.37. The summed E-state index contributed by atoms with van der Waals surface area (Å²) in [5.74, 6) is 0.126. The number of hydrogen-bond donors (Lipinski definition) is 2. The van der Waals surface area contributed by atoms with Crippen molar-refractivity contribution in [1.82, 2.24) is 0 Å². The molecule has 1 aliphatic rings. The molecular formula is C20H22N2O2. The number of hydrogen-bond acceptors (Lipinski definition) is 3. The molecule has 0 saturated heterocycles. The molecule has 2 aromatic rings. The van der Waals surface area contributed by atoms with Crippen LogP contribution in [0.15, 0.2) is 36.4 Å². The molecule has 0 radical (unpaired) electrons. The summed E-state index contributed by atoms with van der Waals surface area (Å²) in [4.78, 5) is 23.6. The van der Waals surface area contributed by atoms with Crippen molar-refractivity contribution in [3.05, 3.63) is 53.1 Å². The Labute approximate surface area is 142 Å². The van der Waals surface area contributed by atoms with Gasteiger partial charge >= 0.3 is 0 Å². The minimum Gasteiger partial charge on any atom is -0.355 e. The zero-order valence-electron chi connectivity index (χ0n) is 14.5. The van der Waals surface area contributed by atoms with Gasteiger partial charge in [-0.05, 0) is 54.8 Å². The number of benzene rings is 2. The first-order chi connectivity index (χ1) is 11.3. The molecule has 4 nitrogen and oxygen atoms in total. The van der Waals surface area contributed by atoms with Crippen LogP contribution >= 0.6 is 0 Å². The van der Waals surface area contributed by atoms with E-state index in [0.717, 1.165) is 40.2 Å².